The van der Waals surface area contributed by atoms with E-state index < -0.39 is 31.6 Å². The minimum atomic E-state index is -0.853. The van der Waals surface area contributed by atoms with Crippen LogP contribution in [0.2, 0.25) is 0 Å². The number of benzene rings is 1. The Morgan fingerprint density at radius 2 is 1.64 bits per heavy atom. The van der Waals surface area contributed by atoms with Crippen LogP contribution in [0.4, 0.5) is 0 Å². The number of aliphatic hydroxyl groups is 2. The first-order valence-corrected chi connectivity index (χ1v) is 7.75. The van der Waals surface area contributed by atoms with E-state index in [-0.39, 0.29) is 22.6 Å². The number of aromatic hydroxyl groups is 1. The topological polar surface area (TPSA) is 113 Å². The summed E-state index contributed by atoms with van der Waals surface area (Å²) in [6.45, 7) is 4.33. The molecule has 0 fully saturated rings. The first kappa shape index (κ1) is 20.7. The van der Waals surface area contributed by atoms with Gasteiger partial charge in [-0.3, -0.25) is 9.59 Å². The van der Waals surface area contributed by atoms with Crippen LogP contribution in [0.25, 0.3) is 0 Å². The van der Waals surface area contributed by atoms with Crippen LogP contribution in [0, 0.1) is 6.92 Å². The van der Waals surface area contributed by atoms with Crippen LogP contribution in [0.5, 0.6) is 11.5 Å². The Labute approximate surface area is 146 Å². The molecule has 1 aromatic rings. The van der Waals surface area contributed by atoms with Crippen molar-refractivity contribution in [1.82, 2.24) is 0 Å². The minimum absolute atomic E-state index is 0.0493. The van der Waals surface area contributed by atoms with Gasteiger partial charge in [0.25, 0.3) is 0 Å². The molecule has 0 unspecified atom stereocenters. The summed E-state index contributed by atoms with van der Waals surface area (Å²) in [5.74, 6) is -1.71. The molecule has 0 atom stereocenters. The predicted octanol–water partition coefficient (Wildman–Crippen LogP) is 1.66. The number of methoxy groups -OCH3 is 1. The molecule has 1 aromatic carbocycles. The zero-order valence-corrected chi connectivity index (χ0v) is 14.9. The maximum absolute atomic E-state index is 12.0. The highest BCUT2D eigenvalue weighted by molar-refractivity contribution is 5.92. The number of allylic oxidation sites excluding steroid dienone is 2. The third-order valence-corrected chi connectivity index (χ3v) is 3.77. The SMILES string of the molecule is COC(=O)CC(=O)Oc1c(CC=C(C)C)c(C)c(O)c(CO)c1CO. The summed E-state index contributed by atoms with van der Waals surface area (Å²) in [6, 6.07) is 0. The average Bonchev–Trinajstić information content (AvgIpc) is 2.56. The predicted molar refractivity (Wildman–Crippen MR) is 90.1 cm³/mol. The van der Waals surface area contributed by atoms with Crippen molar-refractivity contribution in [2.75, 3.05) is 7.11 Å². The van der Waals surface area contributed by atoms with Crippen molar-refractivity contribution >= 4 is 11.9 Å². The van der Waals surface area contributed by atoms with Crippen LogP contribution >= 0.6 is 0 Å². The lowest BCUT2D eigenvalue weighted by Gasteiger charge is -2.20. The molecule has 0 amide bonds. The Morgan fingerprint density at radius 1 is 1.04 bits per heavy atom. The van der Waals surface area contributed by atoms with Crippen molar-refractivity contribution in [2.24, 2.45) is 0 Å². The third kappa shape index (κ3) is 5.04. The van der Waals surface area contributed by atoms with Gasteiger partial charge in [0.05, 0.1) is 20.3 Å². The summed E-state index contributed by atoms with van der Waals surface area (Å²) in [5.41, 5.74) is 2.14. The molecule has 0 spiro atoms. The fourth-order valence-corrected chi connectivity index (χ4v) is 2.35. The second kappa shape index (κ2) is 9.19. The van der Waals surface area contributed by atoms with E-state index in [1.165, 1.54) is 0 Å². The van der Waals surface area contributed by atoms with Crippen molar-refractivity contribution in [3.05, 3.63) is 33.9 Å². The zero-order valence-electron chi connectivity index (χ0n) is 14.9. The fraction of sp³-hybridized carbons (Fsp3) is 0.444. The Morgan fingerprint density at radius 3 is 2.12 bits per heavy atom. The molecular weight excluding hydrogens is 328 g/mol. The van der Waals surface area contributed by atoms with Gasteiger partial charge in [-0.2, -0.15) is 0 Å². The molecule has 0 aliphatic heterocycles. The van der Waals surface area contributed by atoms with Crippen molar-refractivity contribution in [2.45, 2.75) is 46.8 Å². The van der Waals surface area contributed by atoms with E-state index in [9.17, 15) is 24.9 Å². The molecule has 25 heavy (non-hydrogen) atoms. The summed E-state index contributed by atoms with van der Waals surface area (Å²) in [6.07, 6.45) is 1.64. The number of ether oxygens (including phenoxy) is 2. The lowest BCUT2D eigenvalue weighted by atomic mass is 9.94. The summed E-state index contributed by atoms with van der Waals surface area (Å²) >= 11 is 0. The Bertz CT molecular complexity index is 685. The second-order valence-electron chi connectivity index (χ2n) is 5.77. The van der Waals surface area contributed by atoms with E-state index in [1.807, 2.05) is 19.9 Å². The van der Waals surface area contributed by atoms with Crippen LogP contribution < -0.4 is 4.74 Å². The molecule has 0 heterocycles. The largest absolute Gasteiger partial charge is 0.507 e. The maximum atomic E-state index is 12.0. The van der Waals surface area contributed by atoms with Gasteiger partial charge in [0.1, 0.15) is 17.9 Å². The molecule has 0 saturated heterocycles. The number of esters is 2. The number of carbonyl (C=O) groups excluding carboxylic acids is 2. The normalized spacial score (nSPS) is 10.3. The van der Waals surface area contributed by atoms with Crippen LogP contribution in [0.3, 0.4) is 0 Å². The molecule has 7 nitrogen and oxygen atoms in total. The van der Waals surface area contributed by atoms with Gasteiger partial charge in [-0.25, -0.2) is 0 Å². The Kier molecular flexibility index (Phi) is 7.60. The standard InChI is InChI=1S/C18H24O7/c1-10(2)5-6-12-11(3)17(23)13(8-19)14(9-20)18(12)25-16(22)7-15(21)24-4/h5,19-20,23H,6-9H2,1-4H3. The monoisotopic (exact) mass is 352 g/mol. The molecule has 0 saturated carbocycles. The third-order valence-electron chi connectivity index (χ3n) is 3.77. The number of carbonyl (C=O) groups is 2. The maximum Gasteiger partial charge on any atom is 0.322 e. The van der Waals surface area contributed by atoms with E-state index in [2.05, 4.69) is 4.74 Å². The molecule has 0 aromatic heterocycles. The second-order valence-corrected chi connectivity index (χ2v) is 5.77. The molecule has 0 radical (unpaired) electrons. The molecule has 0 aliphatic rings. The first-order valence-electron chi connectivity index (χ1n) is 7.75. The fourth-order valence-electron chi connectivity index (χ4n) is 2.35. The quantitative estimate of drug-likeness (QED) is 0.296. The highest BCUT2D eigenvalue weighted by Crippen LogP contribution is 2.39. The summed E-state index contributed by atoms with van der Waals surface area (Å²) in [7, 11) is 1.16. The Hall–Kier alpha value is -2.38. The van der Waals surface area contributed by atoms with E-state index in [1.54, 1.807) is 6.92 Å². The van der Waals surface area contributed by atoms with Gasteiger partial charge < -0.3 is 24.8 Å². The van der Waals surface area contributed by atoms with Gasteiger partial charge in [-0.1, -0.05) is 11.6 Å². The van der Waals surface area contributed by atoms with Gasteiger partial charge in [0.15, 0.2) is 0 Å². The summed E-state index contributed by atoms with van der Waals surface area (Å²) in [5, 5.41) is 29.5. The van der Waals surface area contributed by atoms with Crippen molar-refractivity contribution < 1.29 is 34.4 Å². The molecular formula is C18H24O7. The smallest absolute Gasteiger partial charge is 0.322 e. The van der Waals surface area contributed by atoms with E-state index in [4.69, 9.17) is 4.74 Å². The van der Waals surface area contributed by atoms with E-state index in [0.29, 0.717) is 17.5 Å². The van der Waals surface area contributed by atoms with E-state index in [0.717, 1.165) is 12.7 Å². The molecule has 0 bridgehead atoms. The van der Waals surface area contributed by atoms with Crippen LogP contribution in [-0.4, -0.2) is 34.4 Å². The number of hydrogen-bond donors (Lipinski definition) is 3. The lowest BCUT2D eigenvalue weighted by Crippen LogP contribution is -2.17. The zero-order chi connectivity index (χ0) is 19.1. The van der Waals surface area contributed by atoms with E-state index >= 15 is 0 Å². The van der Waals surface area contributed by atoms with Crippen molar-refractivity contribution in [1.29, 1.82) is 0 Å². The van der Waals surface area contributed by atoms with Crippen LogP contribution in [0.1, 0.15) is 42.5 Å². The van der Waals surface area contributed by atoms with Crippen molar-refractivity contribution in [3.63, 3.8) is 0 Å². The number of phenols is 1. The molecule has 7 heteroatoms. The van der Waals surface area contributed by atoms with Gasteiger partial charge in [-0.05, 0) is 32.8 Å². The number of aliphatic hydroxyl groups excluding tert-OH is 2. The summed E-state index contributed by atoms with van der Waals surface area (Å²) in [4.78, 5) is 23.2. The van der Waals surface area contributed by atoms with Gasteiger partial charge in [0, 0.05) is 16.7 Å². The Balaban J connectivity index is 3.47. The highest BCUT2D eigenvalue weighted by atomic mass is 16.5. The molecule has 1 rings (SSSR count). The van der Waals surface area contributed by atoms with Gasteiger partial charge in [-0.15, -0.1) is 0 Å². The molecule has 138 valence electrons. The molecule has 0 aliphatic carbocycles. The van der Waals surface area contributed by atoms with Gasteiger partial charge >= 0.3 is 11.9 Å². The van der Waals surface area contributed by atoms with Crippen LogP contribution in [0.15, 0.2) is 11.6 Å². The lowest BCUT2D eigenvalue weighted by molar-refractivity contribution is -0.148. The van der Waals surface area contributed by atoms with Gasteiger partial charge in [0.2, 0.25) is 0 Å². The average molecular weight is 352 g/mol. The van der Waals surface area contributed by atoms with Crippen LogP contribution in [-0.2, 0) is 34.0 Å². The summed E-state index contributed by atoms with van der Waals surface area (Å²) < 4.78 is 9.73. The minimum Gasteiger partial charge on any atom is -0.507 e. The van der Waals surface area contributed by atoms with Crippen molar-refractivity contribution in [3.8, 4) is 11.5 Å². The number of hydrogen-bond acceptors (Lipinski definition) is 7. The highest BCUT2D eigenvalue weighted by Gasteiger charge is 2.24. The number of rotatable bonds is 7. The molecule has 3 N–H and O–H groups in total. The first-order chi connectivity index (χ1) is 11.8.